The summed E-state index contributed by atoms with van der Waals surface area (Å²) in [6.07, 6.45) is 1.09. The van der Waals surface area contributed by atoms with E-state index < -0.39 is 0 Å². The maximum Gasteiger partial charge on any atom is 0.257 e. The summed E-state index contributed by atoms with van der Waals surface area (Å²) in [4.78, 5) is 12.0. The van der Waals surface area contributed by atoms with Crippen molar-refractivity contribution in [3.05, 3.63) is 29.8 Å². The van der Waals surface area contributed by atoms with Crippen molar-refractivity contribution in [2.75, 3.05) is 20.3 Å². The van der Waals surface area contributed by atoms with E-state index in [1.807, 2.05) is 6.92 Å². The Morgan fingerprint density at radius 3 is 2.57 bits per heavy atom. The second-order valence-electron chi connectivity index (χ2n) is 4.56. The molecule has 0 aliphatic rings. The van der Waals surface area contributed by atoms with Gasteiger partial charge < -0.3 is 14.8 Å². The molecule has 116 valence electrons. The van der Waals surface area contributed by atoms with Crippen LogP contribution in [0.3, 0.4) is 0 Å². The average molecular weight is 310 g/mol. The number of rotatable bonds is 7. The lowest BCUT2D eigenvalue weighted by atomic mass is 10.2. The molecule has 1 aromatic rings. The third-order valence-corrected chi connectivity index (χ3v) is 3.09. The topological polar surface area (TPSA) is 59.6 Å². The molecular formula is C15H22N2O3S. The van der Waals surface area contributed by atoms with E-state index in [1.54, 1.807) is 31.4 Å². The van der Waals surface area contributed by atoms with Crippen LogP contribution in [-0.2, 0) is 4.74 Å². The normalized spacial score (nSPS) is 11.6. The van der Waals surface area contributed by atoms with E-state index in [0.29, 0.717) is 18.7 Å². The van der Waals surface area contributed by atoms with E-state index in [4.69, 9.17) is 21.7 Å². The van der Waals surface area contributed by atoms with Crippen LogP contribution in [0.2, 0.25) is 0 Å². The molecule has 0 spiro atoms. The Hall–Kier alpha value is -1.66. The zero-order valence-electron chi connectivity index (χ0n) is 12.6. The number of amides is 1. The van der Waals surface area contributed by atoms with Crippen molar-refractivity contribution >= 4 is 23.2 Å². The minimum absolute atomic E-state index is 0.155. The minimum Gasteiger partial charge on any atom is -0.491 e. The van der Waals surface area contributed by atoms with E-state index in [1.165, 1.54) is 0 Å². The first-order chi connectivity index (χ1) is 10.1. The highest BCUT2D eigenvalue weighted by Crippen LogP contribution is 2.14. The molecule has 0 saturated carbocycles. The molecule has 0 aliphatic carbocycles. The molecule has 1 amide bonds. The molecule has 0 aliphatic heterocycles. The van der Waals surface area contributed by atoms with E-state index in [2.05, 4.69) is 17.6 Å². The van der Waals surface area contributed by atoms with Gasteiger partial charge in [0.05, 0.1) is 12.7 Å². The van der Waals surface area contributed by atoms with Crippen molar-refractivity contribution in [2.24, 2.45) is 0 Å². The van der Waals surface area contributed by atoms with Gasteiger partial charge in [-0.25, -0.2) is 0 Å². The first-order valence-electron chi connectivity index (χ1n) is 6.91. The van der Waals surface area contributed by atoms with E-state index in [9.17, 15) is 4.79 Å². The van der Waals surface area contributed by atoms with Crippen LogP contribution in [0.15, 0.2) is 24.3 Å². The Morgan fingerprint density at radius 1 is 1.33 bits per heavy atom. The van der Waals surface area contributed by atoms with Crippen molar-refractivity contribution in [3.8, 4) is 5.75 Å². The molecule has 5 nitrogen and oxygen atoms in total. The zero-order chi connectivity index (χ0) is 15.7. The molecule has 1 aromatic carbocycles. The third-order valence-electron chi connectivity index (χ3n) is 2.85. The number of benzene rings is 1. The molecule has 0 saturated heterocycles. The molecule has 6 heteroatoms. The van der Waals surface area contributed by atoms with Crippen LogP contribution in [0.25, 0.3) is 0 Å². The van der Waals surface area contributed by atoms with Crippen molar-refractivity contribution in [1.82, 2.24) is 10.6 Å². The first kappa shape index (κ1) is 17.4. The number of methoxy groups -OCH3 is 1. The van der Waals surface area contributed by atoms with Crippen LogP contribution in [0.5, 0.6) is 5.75 Å². The predicted molar refractivity (Wildman–Crippen MR) is 86.8 cm³/mol. The van der Waals surface area contributed by atoms with Crippen molar-refractivity contribution < 1.29 is 14.3 Å². The lowest BCUT2D eigenvalue weighted by Crippen LogP contribution is -2.40. The summed E-state index contributed by atoms with van der Waals surface area (Å²) < 4.78 is 10.5. The number of carbonyl (C=O) groups excluding carboxylic acids is 1. The average Bonchev–Trinajstić information content (AvgIpc) is 2.48. The number of nitrogens with one attached hydrogen (secondary N) is 2. The lowest BCUT2D eigenvalue weighted by molar-refractivity contribution is 0.0976. The summed E-state index contributed by atoms with van der Waals surface area (Å²) >= 11 is 5.02. The standard InChI is InChI=1S/C15H22N2O3S/c1-4-11(2)20-13-7-5-12(6-8-13)14(18)17-15(21)16-9-10-19-3/h5-8,11H,4,9-10H2,1-3H3,(H2,16,17,18,21). The maximum atomic E-state index is 12.0. The van der Waals surface area contributed by atoms with Crippen LogP contribution >= 0.6 is 12.2 Å². The monoisotopic (exact) mass is 310 g/mol. The zero-order valence-corrected chi connectivity index (χ0v) is 13.5. The van der Waals surface area contributed by atoms with E-state index in [0.717, 1.165) is 12.2 Å². The van der Waals surface area contributed by atoms with Crippen LogP contribution in [0.1, 0.15) is 30.6 Å². The molecule has 0 bridgehead atoms. The fourth-order valence-corrected chi connectivity index (χ4v) is 1.68. The van der Waals surface area contributed by atoms with Crippen LogP contribution in [0.4, 0.5) is 0 Å². The molecular weight excluding hydrogens is 288 g/mol. The summed E-state index contributed by atoms with van der Waals surface area (Å²) in [5.74, 6) is 0.502. The summed E-state index contributed by atoms with van der Waals surface area (Å²) in [7, 11) is 1.60. The molecule has 0 aromatic heterocycles. The van der Waals surface area contributed by atoms with Gasteiger partial charge in [-0.05, 0) is 49.8 Å². The van der Waals surface area contributed by atoms with Gasteiger partial charge >= 0.3 is 0 Å². The molecule has 0 heterocycles. The number of thiocarbonyl (C=S) groups is 1. The fraction of sp³-hybridized carbons (Fsp3) is 0.467. The summed E-state index contributed by atoms with van der Waals surface area (Å²) in [6.45, 7) is 5.14. The first-order valence-corrected chi connectivity index (χ1v) is 7.32. The van der Waals surface area contributed by atoms with Crippen molar-refractivity contribution in [1.29, 1.82) is 0 Å². The number of hydrogen-bond donors (Lipinski definition) is 2. The Balaban J connectivity index is 2.49. The molecule has 2 N–H and O–H groups in total. The highest BCUT2D eigenvalue weighted by molar-refractivity contribution is 7.80. The highest BCUT2D eigenvalue weighted by Gasteiger charge is 2.08. The Labute approximate surface area is 131 Å². The largest absolute Gasteiger partial charge is 0.491 e. The van der Waals surface area contributed by atoms with Gasteiger partial charge in [0.1, 0.15) is 5.75 Å². The van der Waals surface area contributed by atoms with Gasteiger partial charge in [0, 0.05) is 19.2 Å². The molecule has 1 unspecified atom stereocenters. The van der Waals surface area contributed by atoms with Crippen LogP contribution < -0.4 is 15.4 Å². The quantitative estimate of drug-likeness (QED) is 0.597. The fourth-order valence-electron chi connectivity index (χ4n) is 1.49. The van der Waals surface area contributed by atoms with Gasteiger partial charge in [-0.1, -0.05) is 6.92 Å². The molecule has 1 atom stereocenters. The minimum atomic E-state index is -0.250. The summed E-state index contributed by atoms with van der Waals surface area (Å²) in [5, 5.41) is 5.78. The molecule has 1 rings (SSSR count). The Bertz CT molecular complexity index is 462. The van der Waals surface area contributed by atoms with E-state index in [-0.39, 0.29) is 17.1 Å². The second kappa shape index (κ2) is 9.31. The summed E-state index contributed by atoms with van der Waals surface area (Å²) in [5.41, 5.74) is 0.530. The molecule has 0 radical (unpaired) electrons. The maximum absolute atomic E-state index is 12.0. The van der Waals surface area contributed by atoms with Gasteiger partial charge in [-0.15, -0.1) is 0 Å². The smallest absolute Gasteiger partial charge is 0.257 e. The summed E-state index contributed by atoms with van der Waals surface area (Å²) in [6, 6.07) is 6.99. The number of carbonyl (C=O) groups is 1. The van der Waals surface area contributed by atoms with Gasteiger partial charge in [-0.2, -0.15) is 0 Å². The van der Waals surface area contributed by atoms with Crippen molar-refractivity contribution in [2.45, 2.75) is 26.4 Å². The van der Waals surface area contributed by atoms with E-state index >= 15 is 0 Å². The third kappa shape index (κ3) is 6.55. The second-order valence-corrected chi connectivity index (χ2v) is 4.97. The van der Waals surface area contributed by atoms with Gasteiger partial charge in [-0.3, -0.25) is 10.1 Å². The predicted octanol–water partition coefficient (Wildman–Crippen LogP) is 2.11. The Kier molecular flexibility index (Phi) is 7.71. The SMILES string of the molecule is CCC(C)Oc1ccc(C(=O)NC(=S)NCCOC)cc1. The number of ether oxygens (including phenoxy) is 2. The Morgan fingerprint density at radius 2 is 2.00 bits per heavy atom. The van der Waals surface area contributed by atoms with Crippen LogP contribution in [-0.4, -0.2) is 37.4 Å². The number of hydrogen-bond acceptors (Lipinski definition) is 4. The van der Waals surface area contributed by atoms with Gasteiger partial charge in [0.15, 0.2) is 5.11 Å². The lowest BCUT2D eigenvalue weighted by Gasteiger charge is -2.13. The molecule has 0 fully saturated rings. The van der Waals surface area contributed by atoms with Crippen molar-refractivity contribution in [3.63, 3.8) is 0 Å². The van der Waals surface area contributed by atoms with Gasteiger partial charge in [0.2, 0.25) is 0 Å². The highest BCUT2D eigenvalue weighted by atomic mass is 32.1. The molecule has 21 heavy (non-hydrogen) atoms. The van der Waals surface area contributed by atoms with Crippen LogP contribution in [0, 0.1) is 0 Å². The van der Waals surface area contributed by atoms with Gasteiger partial charge in [0.25, 0.3) is 5.91 Å².